The van der Waals surface area contributed by atoms with Gasteiger partial charge in [-0.25, -0.2) is 9.97 Å². The van der Waals surface area contributed by atoms with Crippen molar-refractivity contribution in [1.82, 2.24) is 14.5 Å². The molecule has 0 aliphatic heterocycles. The fourth-order valence-corrected chi connectivity index (χ4v) is 7.33. The number of aromatic nitrogens is 3. The van der Waals surface area contributed by atoms with Crippen molar-refractivity contribution in [3.63, 3.8) is 0 Å². The molecule has 3 aromatic heterocycles. The maximum atomic E-state index is 6.69. The Labute approximate surface area is 288 Å². The molecule has 234 valence electrons. The molecule has 10 rings (SSSR count). The predicted molar refractivity (Wildman–Crippen MR) is 205 cm³/mol. The number of hydrogen-bond acceptors (Lipinski definition) is 3. The molecule has 0 aliphatic carbocycles. The molecule has 0 fully saturated rings. The van der Waals surface area contributed by atoms with Crippen LogP contribution in [0.25, 0.3) is 94.5 Å². The van der Waals surface area contributed by atoms with Crippen molar-refractivity contribution in [2.75, 3.05) is 0 Å². The summed E-state index contributed by atoms with van der Waals surface area (Å²) in [6.45, 7) is 0. The van der Waals surface area contributed by atoms with Crippen LogP contribution in [0.4, 0.5) is 0 Å². The highest BCUT2D eigenvalue weighted by molar-refractivity contribution is 6.14. The Morgan fingerprint density at radius 2 is 1.02 bits per heavy atom. The first kappa shape index (κ1) is 28.3. The van der Waals surface area contributed by atoms with Gasteiger partial charge in [-0.05, 0) is 58.7 Å². The normalized spacial score (nSPS) is 11.6. The van der Waals surface area contributed by atoms with Crippen molar-refractivity contribution in [2.24, 2.45) is 0 Å². The van der Waals surface area contributed by atoms with E-state index in [1.807, 2.05) is 42.5 Å². The van der Waals surface area contributed by atoms with Crippen LogP contribution in [-0.2, 0) is 0 Å². The van der Waals surface area contributed by atoms with Gasteiger partial charge >= 0.3 is 0 Å². The van der Waals surface area contributed by atoms with Crippen LogP contribution in [0.5, 0.6) is 0 Å². The monoisotopic (exact) mass is 639 g/mol. The topological polar surface area (TPSA) is 43.9 Å². The van der Waals surface area contributed by atoms with Crippen molar-refractivity contribution in [3.05, 3.63) is 176 Å². The quantitative estimate of drug-likeness (QED) is 0.188. The third-order valence-electron chi connectivity index (χ3n) is 9.59. The summed E-state index contributed by atoms with van der Waals surface area (Å²) in [6.07, 6.45) is 0. The van der Waals surface area contributed by atoms with Gasteiger partial charge in [0.1, 0.15) is 16.8 Å². The van der Waals surface area contributed by atoms with E-state index in [1.165, 1.54) is 21.8 Å². The number of para-hydroxylation sites is 2. The number of benzene rings is 7. The molecule has 7 aromatic carbocycles. The molecule has 0 saturated heterocycles. The third-order valence-corrected chi connectivity index (χ3v) is 9.59. The van der Waals surface area contributed by atoms with Crippen molar-refractivity contribution < 1.29 is 4.42 Å². The summed E-state index contributed by atoms with van der Waals surface area (Å²) < 4.78 is 9.08. The van der Waals surface area contributed by atoms with Crippen LogP contribution in [-0.4, -0.2) is 14.5 Å². The molecule has 0 atom stereocenters. The van der Waals surface area contributed by atoms with E-state index >= 15 is 0 Å². The number of nitrogens with zero attached hydrogens (tertiary/aromatic N) is 3. The molecule has 0 N–H and O–H groups in total. The minimum absolute atomic E-state index is 0.665. The van der Waals surface area contributed by atoms with Crippen LogP contribution in [0.15, 0.2) is 180 Å². The zero-order chi connectivity index (χ0) is 33.0. The van der Waals surface area contributed by atoms with E-state index in [-0.39, 0.29) is 0 Å². The van der Waals surface area contributed by atoms with Crippen LogP contribution >= 0.6 is 0 Å². The molecule has 0 amide bonds. The Balaban J connectivity index is 1.29. The van der Waals surface area contributed by atoms with Gasteiger partial charge in [0.25, 0.3) is 0 Å². The Bertz CT molecular complexity index is 2800. The number of rotatable bonds is 5. The van der Waals surface area contributed by atoms with E-state index in [2.05, 4.69) is 138 Å². The number of hydrogen-bond donors (Lipinski definition) is 0. The van der Waals surface area contributed by atoms with Crippen LogP contribution in [0, 0.1) is 0 Å². The van der Waals surface area contributed by atoms with Gasteiger partial charge in [0.2, 0.25) is 0 Å². The van der Waals surface area contributed by atoms with Gasteiger partial charge in [-0.3, -0.25) is 0 Å². The first-order valence-electron chi connectivity index (χ1n) is 16.8. The van der Waals surface area contributed by atoms with E-state index in [4.69, 9.17) is 14.4 Å². The minimum atomic E-state index is 0.665. The maximum Gasteiger partial charge on any atom is 0.180 e. The second-order valence-electron chi connectivity index (χ2n) is 12.6. The fraction of sp³-hybridized carbons (Fsp3) is 0. The van der Waals surface area contributed by atoms with Crippen molar-refractivity contribution in [2.45, 2.75) is 0 Å². The second kappa shape index (κ2) is 11.4. The highest BCUT2D eigenvalue weighted by Crippen LogP contribution is 2.42. The van der Waals surface area contributed by atoms with Gasteiger partial charge in [-0.15, -0.1) is 0 Å². The smallest absolute Gasteiger partial charge is 0.180 e. The van der Waals surface area contributed by atoms with Gasteiger partial charge in [0.15, 0.2) is 11.4 Å². The van der Waals surface area contributed by atoms with Gasteiger partial charge in [0.05, 0.1) is 16.4 Å². The molecule has 50 heavy (non-hydrogen) atoms. The molecule has 0 spiro atoms. The lowest BCUT2D eigenvalue weighted by atomic mass is 9.95. The molecular weight excluding hydrogens is 611 g/mol. The van der Waals surface area contributed by atoms with E-state index < -0.39 is 0 Å². The van der Waals surface area contributed by atoms with Crippen molar-refractivity contribution in [3.8, 4) is 50.6 Å². The third kappa shape index (κ3) is 4.54. The summed E-state index contributed by atoms with van der Waals surface area (Å²) in [5.41, 5.74) is 12.8. The van der Waals surface area contributed by atoms with Gasteiger partial charge in [0, 0.05) is 27.6 Å². The Kier molecular flexibility index (Phi) is 6.46. The Morgan fingerprint density at radius 1 is 0.440 bits per heavy atom. The van der Waals surface area contributed by atoms with E-state index in [0.717, 1.165) is 61.2 Å². The molecule has 3 heterocycles. The first-order valence-corrected chi connectivity index (χ1v) is 16.8. The van der Waals surface area contributed by atoms with Gasteiger partial charge in [-0.1, -0.05) is 140 Å². The van der Waals surface area contributed by atoms with Crippen LogP contribution in [0.1, 0.15) is 0 Å². The largest absolute Gasteiger partial charge is 0.452 e. The maximum absolute atomic E-state index is 6.69. The van der Waals surface area contributed by atoms with E-state index in [0.29, 0.717) is 11.4 Å². The molecular formula is C46H29N3O. The zero-order valence-corrected chi connectivity index (χ0v) is 27.0. The lowest BCUT2D eigenvalue weighted by Gasteiger charge is -2.14. The second-order valence-corrected chi connectivity index (χ2v) is 12.6. The average Bonchev–Trinajstić information content (AvgIpc) is 3.74. The van der Waals surface area contributed by atoms with E-state index in [9.17, 15) is 0 Å². The highest BCUT2D eigenvalue weighted by atomic mass is 16.3. The standard InChI is InChI=1S/C46H29N3O/c1-4-15-30(16-5-1)33-27-34(29-35(28-33)49-39-24-12-10-21-37(39)38-22-11-13-25-40(38)49)36-23-14-26-41-42(36)44-45(50-41)43(31-17-6-2-7-18-31)47-46(48-44)32-19-8-3-9-20-32/h1-29H. The lowest BCUT2D eigenvalue weighted by Crippen LogP contribution is -1.96. The van der Waals surface area contributed by atoms with Gasteiger partial charge < -0.3 is 8.98 Å². The summed E-state index contributed by atoms with van der Waals surface area (Å²) >= 11 is 0. The van der Waals surface area contributed by atoms with Crippen LogP contribution < -0.4 is 0 Å². The van der Waals surface area contributed by atoms with Crippen LogP contribution in [0.2, 0.25) is 0 Å². The Morgan fingerprint density at radius 3 is 1.70 bits per heavy atom. The molecule has 0 bridgehead atoms. The first-order chi connectivity index (χ1) is 24.8. The minimum Gasteiger partial charge on any atom is -0.452 e. The van der Waals surface area contributed by atoms with E-state index in [1.54, 1.807) is 0 Å². The van der Waals surface area contributed by atoms with Crippen molar-refractivity contribution >= 4 is 43.9 Å². The molecule has 0 radical (unpaired) electrons. The van der Waals surface area contributed by atoms with Gasteiger partial charge in [-0.2, -0.15) is 0 Å². The molecule has 10 aromatic rings. The Hall–Kier alpha value is -6.78. The SMILES string of the molecule is c1ccc(-c2cc(-c3cccc4oc5c(-c6ccccc6)nc(-c6ccccc6)nc5c34)cc(-n3c4ccccc4c4ccccc43)c2)cc1. The number of fused-ring (bicyclic) bond motifs is 6. The van der Waals surface area contributed by atoms with Crippen molar-refractivity contribution in [1.29, 1.82) is 0 Å². The summed E-state index contributed by atoms with van der Waals surface area (Å²) in [5.74, 6) is 0.665. The lowest BCUT2D eigenvalue weighted by molar-refractivity contribution is 0.667. The summed E-state index contributed by atoms with van der Waals surface area (Å²) in [4.78, 5) is 10.3. The summed E-state index contributed by atoms with van der Waals surface area (Å²) in [7, 11) is 0. The molecule has 0 unspecified atom stereocenters. The van der Waals surface area contributed by atoms with Crippen LogP contribution in [0.3, 0.4) is 0 Å². The average molecular weight is 640 g/mol. The fourth-order valence-electron chi connectivity index (χ4n) is 7.33. The molecule has 4 nitrogen and oxygen atoms in total. The molecule has 4 heteroatoms. The summed E-state index contributed by atoms with van der Waals surface area (Å²) in [6, 6.07) is 61.5. The molecule has 0 aliphatic rings. The predicted octanol–water partition coefficient (Wildman–Crippen LogP) is 12.1. The zero-order valence-electron chi connectivity index (χ0n) is 27.0. The molecule has 0 saturated carbocycles. The highest BCUT2D eigenvalue weighted by Gasteiger charge is 2.22. The summed E-state index contributed by atoms with van der Waals surface area (Å²) in [5, 5.41) is 3.44. The number of furan rings is 1.